The second-order valence-electron chi connectivity index (χ2n) is 6.80. The fraction of sp³-hybridized carbons (Fsp3) is 0.524. The minimum absolute atomic E-state index is 0.0273. The first-order valence-corrected chi connectivity index (χ1v) is 9.08. The first-order chi connectivity index (χ1) is 12.3. The number of benzene rings is 1. The summed E-state index contributed by atoms with van der Waals surface area (Å²) >= 11 is 0. The van der Waals surface area contributed by atoms with Crippen molar-refractivity contribution in [3.05, 3.63) is 48.0 Å². The molecule has 0 fully saturated rings. The van der Waals surface area contributed by atoms with Gasteiger partial charge in [0, 0.05) is 12.1 Å². The maximum absolute atomic E-state index is 12.6. The highest BCUT2D eigenvalue weighted by Crippen LogP contribution is 2.15. The van der Waals surface area contributed by atoms with E-state index < -0.39 is 18.3 Å². The molecule has 2 atom stereocenters. The molecule has 0 aliphatic rings. The first-order valence-electron chi connectivity index (χ1n) is 9.08. The van der Waals surface area contributed by atoms with Gasteiger partial charge in [0.05, 0.1) is 12.7 Å². The van der Waals surface area contributed by atoms with E-state index in [2.05, 4.69) is 0 Å². The van der Waals surface area contributed by atoms with Crippen molar-refractivity contribution in [1.29, 1.82) is 0 Å². The fourth-order valence-corrected chi connectivity index (χ4v) is 2.72. The maximum atomic E-state index is 12.6. The lowest BCUT2D eigenvalue weighted by Crippen LogP contribution is -2.47. The molecule has 0 aromatic heterocycles. The van der Waals surface area contributed by atoms with E-state index in [0.29, 0.717) is 6.61 Å². The molecule has 1 amide bonds. The van der Waals surface area contributed by atoms with Gasteiger partial charge in [-0.3, -0.25) is 4.79 Å². The molecule has 0 saturated heterocycles. The van der Waals surface area contributed by atoms with E-state index in [1.165, 1.54) is 6.08 Å². The zero-order chi connectivity index (χ0) is 19.7. The van der Waals surface area contributed by atoms with Crippen LogP contribution in [-0.4, -0.2) is 41.1 Å². The van der Waals surface area contributed by atoms with E-state index in [9.17, 15) is 9.59 Å². The van der Waals surface area contributed by atoms with Crippen LogP contribution >= 0.6 is 0 Å². The van der Waals surface area contributed by atoms with Gasteiger partial charge < -0.3 is 14.4 Å². The van der Waals surface area contributed by atoms with E-state index >= 15 is 0 Å². The quantitative estimate of drug-likeness (QED) is 0.613. The number of allylic oxidation sites excluding steroid dienone is 1. The van der Waals surface area contributed by atoms with Crippen LogP contribution in [0.4, 0.5) is 4.79 Å². The number of carbonyl (C=O) groups excluding carboxylic acids is 2. The Morgan fingerprint density at radius 3 is 2.12 bits per heavy atom. The van der Waals surface area contributed by atoms with Gasteiger partial charge in [0.25, 0.3) is 0 Å². The summed E-state index contributed by atoms with van der Waals surface area (Å²) in [5.74, 6) is -0.283. The highest BCUT2D eigenvalue weighted by atomic mass is 16.6. The minimum Gasteiger partial charge on any atom is -0.435 e. The van der Waals surface area contributed by atoms with Crippen molar-refractivity contribution in [2.45, 2.75) is 72.4 Å². The summed E-state index contributed by atoms with van der Waals surface area (Å²) < 4.78 is 11.4. The zero-order valence-corrected chi connectivity index (χ0v) is 16.6. The van der Waals surface area contributed by atoms with Gasteiger partial charge in [0.2, 0.25) is 0 Å². The monoisotopic (exact) mass is 361 g/mol. The number of hydrogen-bond donors (Lipinski definition) is 0. The van der Waals surface area contributed by atoms with E-state index in [1.807, 2.05) is 58.0 Å². The number of ketones is 1. The van der Waals surface area contributed by atoms with E-state index in [0.717, 1.165) is 5.56 Å². The van der Waals surface area contributed by atoms with Crippen LogP contribution in [0, 0.1) is 0 Å². The Hall–Kier alpha value is -2.14. The van der Waals surface area contributed by atoms with Crippen LogP contribution in [0.3, 0.4) is 0 Å². The average molecular weight is 361 g/mol. The van der Waals surface area contributed by atoms with Gasteiger partial charge in [-0.2, -0.15) is 0 Å². The molecule has 0 spiro atoms. The standard InChI is InChI=1S/C21H31NO4/c1-7-11-19(23)20(26-21(24)22(15(2)3)16(4)5)17(6)25-14-18-12-9-8-10-13-18/h7-13,15-17,20H,14H2,1-6H3/b11-7+/t17-,20-/m0/s1. The summed E-state index contributed by atoms with van der Waals surface area (Å²) in [6.45, 7) is 11.5. The van der Waals surface area contributed by atoms with Gasteiger partial charge in [-0.1, -0.05) is 36.4 Å². The van der Waals surface area contributed by atoms with E-state index in [-0.39, 0.29) is 17.9 Å². The molecule has 0 radical (unpaired) electrons. The van der Waals surface area contributed by atoms with Crippen LogP contribution in [0.15, 0.2) is 42.5 Å². The first kappa shape index (κ1) is 21.9. The van der Waals surface area contributed by atoms with Crippen molar-refractivity contribution in [2.24, 2.45) is 0 Å². The number of nitrogens with zero attached hydrogens (tertiary/aromatic N) is 1. The van der Waals surface area contributed by atoms with Gasteiger partial charge in [-0.25, -0.2) is 4.79 Å². The van der Waals surface area contributed by atoms with Crippen LogP contribution in [0.25, 0.3) is 0 Å². The van der Waals surface area contributed by atoms with Gasteiger partial charge in [0.1, 0.15) is 0 Å². The van der Waals surface area contributed by atoms with Gasteiger partial charge in [-0.15, -0.1) is 0 Å². The molecule has 0 N–H and O–H groups in total. The number of amides is 1. The molecule has 1 aromatic carbocycles. The Bertz CT molecular complexity index is 587. The smallest absolute Gasteiger partial charge is 0.411 e. The van der Waals surface area contributed by atoms with Crippen LogP contribution in [0.2, 0.25) is 0 Å². The second kappa shape index (κ2) is 10.8. The lowest BCUT2D eigenvalue weighted by molar-refractivity contribution is -0.132. The van der Waals surface area contributed by atoms with Crippen molar-refractivity contribution < 1.29 is 19.1 Å². The molecule has 1 aromatic rings. The molecule has 0 aliphatic carbocycles. The number of ether oxygens (including phenoxy) is 2. The molecule has 0 bridgehead atoms. The number of carbonyl (C=O) groups is 2. The third-order valence-electron chi connectivity index (χ3n) is 3.94. The third-order valence-corrected chi connectivity index (χ3v) is 3.94. The highest BCUT2D eigenvalue weighted by molar-refractivity contribution is 5.95. The Morgan fingerprint density at radius 1 is 1.04 bits per heavy atom. The summed E-state index contributed by atoms with van der Waals surface area (Å²) in [5.41, 5.74) is 0.994. The lowest BCUT2D eigenvalue weighted by Gasteiger charge is -2.32. The molecule has 1 rings (SSSR count). The molecule has 0 unspecified atom stereocenters. The van der Waals surface area contributed by atoms with E-state index in [4.69, 9.17) is 9.47 Å². The molecule has 5 nitrogen and oxygen atoms in total. The SMILES string of the molecule is C/C=C/C(=O)[C@@H](OC(=O)N(C(C)C)C(C)C)[C@H](C)OCc1ccccc1. The summed E-state index contributed by atoms with van der Waals surface area (Å²) in [5, 5.41) is 0. The number of rotatable bonds is 9. The van der Waals surface area contributed by atoms with Crippen molar-refractivity contribution in [3.8, 4) is 0 Å². The van der Waals surface area contributed by atoms with Crippen LogP contribution in [0.1, 0.15) is 47.1 Å². The number of hydrogen-bond acceptors (Lipinski definition) is 4. The van der Waals surface area contributed by atoms with Crippen LogP contribution in [-0.2, 0) is 20.9 Å². The predicted molar refractivity (Wildman–Crippen MR) is 103 cm³/mol. The summed E-state index contributed by atoms with van der Waals surface area (Å²) in [6.07, 6.45) is 0.991. The molecular weight excluding hydrogens is 330 g/mol. The van der Waals surface area contributed by atoms with Crippen molar-refractivity contribution in [1.82, 2.24) is 4.90 Å². The largest absolute Gasteiger partial charge is 0.435 e. The molecule has 26 heavy (non-hydrogen) atoms. The van der Waals surface area contributed by atoms with Gasteiger partial charge in [0.15, 0.2) is 11.9 Å². The Balaban J connectivity index is 2.86. The van der Waals surface area contributed by atoms with Gasteiger partial charge >= 0.3 is 6.09 Å². The normalized spacial score (nSPS) is 13.8. The van der Waals surface area contributed by atoms with Crippen molar-refractivity contribution >= 4 is 11.9 Å². The van der Waals surface area contributed by atoms with Gasteiger partial charge in [-0.05, 0) is 53.2 Å². The van der Waals surface area contributed by atoms with E-state index in [1.54, 1.807) is 24.8 Å². The third kappa shape index (κ3) is 6.64. The molecule has 0 saturated carbocycles. The lowest BCUT2D eigenvalue weighted by atomic mass is 10.1. The summed E-state index contributed by atoms with van der Waals surface area (Å²) in [6, 6.07) is 9.62. The fourth-order valence-electron chi connectivity index (χ4n) is 2.72. The predicted octanol–water partition coefficient (Wildman–Crippen LogP) is 4.36. The van der Waals surface area contributed by atoms with Crippen LogP contribution < -0.4 is 0 Å². The zero-order valence-electron chi connectivity index (χ0n) is 16.6. The molecule has 144 valence electrons. The summed E-state index contributed by atoms with van der Waals surface area (Å²) in [7, 11) is 0. The Labute approximate surface area is 157 Å². The average Bonchev–Trinajstić information content (AvgIpc) is 2.58. The molecule has 0 aliphatic heterocycles. The molecule has 0 heterocycles. The Morgan fingerprint density at radius 2 is 1.62 bits per heavy atom. The second-order valence-corrected chi connectivity index (χ2v) is 6.80. The van der Waals surface area contributed by atoms with Crippen molar-refractivity contribution in [3.63, 3.8) is 0 Å². The molecule has 5 heteroatoms. The minimum atomic E-state index is -0.984. The molecular formula is C21H31NO4. The van der Waals surface area contributed by atoms with Crippen molar-refractivity contribution in [2.75, 3.05) is 0 Å². The highest BCUT2D eigenvalue weighted by Gasteiger charge is 2.31. The summed E-state index contributed by atoms with van der Waals surface area (Å²) in [4.78, 5) is 26.6. The Kier molecular flexibility index (Phi) is 9.07. The van der Waals surface area contributed by atoms with Crippen LogP contribution in [0.5, 0.6) is 0 Å². The topological polar surface area (TPSA) is 55.8 Å². The maximum Gasteiger partial charge on any atom is 0.411 e.